The molecule has 1 aromatic carbocycles. The normalized spacial score (nSPS) is 21.1. The van der Waals surface area contributed by atoms with Gasteiger partial charge in [-0.3, -0.25) is 4.90 Å². The summed E-state index contributed by atoms with van der Waals surface area (Å²) in [5, 5.41) is 0. The molecule has 1 spiro atoms. The van der Waals surface area contributed by atoms with Crippen LogP contribution in [0.1, 0.15) is 37.7 Å². The molecule has 112 valence electrons. The first kappa shape index (κ1) is 14.4. The van der Waals surface area contributed by atoms with E-state index in [1.165, 1.54) is 6.42 Å². The number of benzene rings is 1. The smallest absolute Gasteiger partial charge is 0.220 e. The fraction of sp³-hybridized carbons (Fsp3) is 0.467. The number of hydrogen-bond donors (Lipinski definition) is 2. The van der Waals surface area contributed by atoms with Crippen molar-refractivity contribution in [3.63, 3.8) is 0 Å². The largest absolute Gasteiger partial charge is 0.369 e. The third-order valence-corrected chi connectivity index (χ3v) is 5.14. The SMILES string of the molecule is Cc1cc(N2C(N)=NC(N)=NC23CCCCC3)ccc1Br. The van der Waals surface area contributed by atoms with Crippen LogP contribution in [0.4, 0.5) is 5.69 Å². The molecule has 0 saturated heterocycles. The lowest BCUT2D eigenvalue weighted by Gasteiger charge is -2.45. The van der Waals surface area contributed by atoms with Gasteiger partial charge in [0.2, 0.25) is 11.9 Å². The number of nitrogens with two attached hydrogens (primary N) is 2. The monoisotopic (exact) mass is 349 g/mol. The summed E-state index contributed by atoms with van der Waals surface area (Å²) in [6.45, 7) is 2.07. The fourth-order valence-electron chi connectivity index (χ4n) is 3.26. The van der Waals surface area contributed by atoms with Crippen LogP contribution >= 0.6 is 15.9 Å². The van der Waals surface area contributed by atoms with Gasteiger partial charge in [0.1, 0.15) is 5.66 Å². The molecule has 0 aromatic heterocycles. The Labute approximate surface area is 133 Å². The zero-order valence-corrected chi connectivity index (χ0v) is 13.7. The third kappa shape index (κ3) is 2.52. The van der Waals surface area contributed by atoms with Crippen LogP contribution in [0.2, 0.25) is 0 Å². The Kier molecular flexibility index (Phi) is 3.65. The maximum atomic E-state index is 6.20. The van der Waals surface area contributed by atoms with E-state index in [-0.39, 0.29) is 5.66 Å². The minimum Gasteiger partial charge on any atom is -0.369 e. The molecule has 4 N–H and O–H groups in total. The van der Waals surface area contributed by atoms with Crippen molar-refractivity contribution < 1.29 is 0 Å². The Morgan fingerprint density at radius 3 is 2.57 bits per heavy atom. The lowest BCUT2D eigenvalue weighted by molar-refractivity contribution is 0.305. The minimum absolute atomic E-state index is 0.291. The standard InChI is InChI=1S/C15H20BrN5/c1-10-9-11(5-6-12(10)16)21-14(18)19-13(17)20-15(21)7-3-2-4-8-15/h5-6,9H,2-4,7-8H2,1H3,(H4,17,18,19,20). The van der Waals surface area contributed by atoms with E-state index in [0.717, 1.165) is 41.4 Å². The third-order valence-electron chi connectivity index (χ3n) is 4.25. The second-order valence-electron chi connectivity index (χ2n) is 5.75. The Morgan fingerprint density at radius 2 is 1.90 bits per heavy atom. The second kappa shape index (κ2) is 5.33. The van der Waals surface area contributed by atoms with Crippen molar-refractivity contribution in [1.82, 2.24) is 0 Å². The molecule has 0 radical (unpaired) electrons. The van der Waals surface area contributed by atoms with Crippen molar-refractivity contribution >= 4 is 33.5 Å². The predicted molar refractivity (Wildman–Crippen MR) is 90.4 cm³/mol. The zero-order chi connectivity index (χ0) is 15.0. The molecular formula is C15H20BrN5. The van der Waals surface area contributed by atoms with Gasteiger partial charge < -0.3 is 11.5 Å². The number of nitrogens with zero attached hydrogens (tertiary/aromatic N) is 3. The summed E-state index contributed by atoms with van der Waals surface area (Å²) in [4.78, 5) is 10.9. The van der Waals surface area contributed by atoms with Crippen LogP contribution in [0.5, 0.6) is 0 Å². The zero-order valence-electron chi connectivity index (χ0n) is 12.1. The lowest BCUT2D eigenvalue weighted by Crippen LogP contribution is -2.58. The maximum Gasteiger partial charge on any atom is 0.220 e. The van der Waals surface area contributed by atoms with Gasteiger partial charge >= 0.3 is 0 Å². The van der Waals surface area contributed by atoms with Crippen LogP contribution in [0, 0.1) is 6.92 Å². The number of aryl methyl sites for hydroxylation is 1. The molecule has 1 aromatic rings. The van der Waals surface area contributed by atoms with E-state index in [2.05, 4.69) is 43.8 Å². The van der Waals surface area contributed by atoms with E-state index in [1.54, 1.807) is 0 Å². The van der Waals surface area contributed by atoms with Gasteiger partial charge in [-0.15, -0.1) is 0 Å². The van der Waals surface area contributed by atoms with Crippen LogP contribution < -0.4 is 16.4 Å². The topological polar surface area (TPSA) is 80.0 Å². The maximum absolute atomic E-state index is 6.20. The van der Waals surface area contributed by atoms with E-state index in [4.69, 9.17) is 11.5 Å². The van der Waals surface area contributed by atoms with Gasteiger partial charge in [0.15, 0.2) is 0 Å². The average Bonchev–Trinajstić information content (AvgIpc) is 2.42. The van der Waals surface area contributed by atoms with Crippen molar-refractivity contribution in [3.8, 4) is 0 Å². The van der Waals surface area contributed by atoms with E-state index in [1.807, 2.05) is 12.1 Å². The van der Waals surface area contributed by atoms with Gasteiger partial charge in [0.25, 0.3) is 0 Å². The lowest BCUT2D eigenvalue weighted by atomic mass is 9.87. The van der Waals surface area contributed by atoms with Gasteiger partial charge in [-0.25, -0.2) is 4.99 Å². The Balaban J connectivity index is 2.08. The molecule has 0 atom stereocenters. The van der Waals surface area contributed by atoms with E-state index < -0.39 is 0 Å². The van der Waals surface area contributed by atoms with Crippen LogP contribution in [0.3, 0.4) is 0 Å². The first-order valence-corrected chi connectivity index (χ1v) is 8.07. The summed E-state index contributed by atoms with van der Waals surface area (Å²) in [6, 6.07) is 6.20. The highest BCUT2D eigenvalue weighted by atomic mass is 79.9. The first-order chi connectivity index (χ1) is 10.0. The molecule has 6 heteroatoms. The van der Waals surface area contributed by atoms with Crippen molar-refractivity contribution in [3.05, 3.63) is 28.2 Å². The summed E-state index contributed by atoms with van der Waals surface area (Å²) in [5.74, 6) is 0.727. The second-order valence-corrected chi connectivity index (χ2v) is 6.61. The predicted octanol–water partition coefficient (Wildman–Crippen LogP) is 2.87. The number of rotatable bonds is 1. The van der Waals surface area contributed by atoms with Gasteiger partial charge in [-0.05, 0) is 56.4 Å². The summed E-state index contributed by atoms with van der Waals surface area (Å²) in [5.41, 5.74) is 13.9. The van der Waals surface area contributed by atoms with Gasteiger partial charge in [-0.2, -0.15) is 4.99 Å². The molecule has 0 bridgehead atoms. The number of halogens is 1. The van der Waals surface area contributed by atoms with Crippen molar-refractivity contribution in [2.24, 2.45) is 21.5 Å². The van der Waals surface area contributed by atoms with Crippen molar-refractivity contribution in [2.45, 2.75) is 44.7 Å². The Bertz CT molecular complexity index is 616. The van der Waals surface area contributed by atoms with E-state index in [9.17, 15) is 0 Å². The highest BCUT2D eigenvalue weighted by molar-refractivity contribution is 9.10. The van der Waals surface area contributed by atoms with Crippen LogP contribution in [0.15, 0.2) is 32.7 Å². The molecule has 21 heavy (non-hydrogen) atoms. The highest BCUT2D eigenvalue weighted by Crippen LogP contribution is 2.40. The molecule has 0 amide bonds. The molecular weight excluding hydrogens is 330 g/mol. The van der Waals surface area contributed by atoms with Crippen LogP contribution in [-0.2, 0) is 0 Å². The molecule has 1 fully saturated rings. The fourth-order valence-corrected chi connectivity index (χ4v) is 3.51. The summed E-state index contributed by atoms with van der Waals surface area (Å²) in [7, 11) is 0. The summed E-state index contributed by atoms with van der Waals surface area (Å²) < 4.78 is 1.08. The molecule has 3 rings (SSSR count). The summed E-state index contributed by atoms with van der Waals surface area (Å²) >= 11 is 3.54. The minimum atomic E-state index is -0.367. The van der Waals surface area contributed by atoms with E-state index >= 15 is 0 Å². The van der Waals surface area contributed by atoms with Gasteiger partial charge in [-0.1, -0.05) is 22.4 Å². The molecule has 2 aliphatic rings. The number of guanidine groups is 2. The molecule has 1 aliphatic carbocycles. The number of aliphatic imine (C=N–C) groups is 2. The highest BCUT2D eigenvalue weighted by Gasteiger charge is 2.42. The quantitative estimate of drug-likeness (QED) is 0.817. The van der Waals surface area contributed by atoms with Crippen molar-refractivity contribution in [2.75, 3.05) is 4.90 Å². The first-order valence-electron chi connectivity index (χ1n) is 7.28. The van der Waals surface area contributed by atoms with Crippen LogP contribution in [-0.4, -0.2) is 17.6 Å². The average molecular weight is 350 g/mol. The Morgan fingerprint density at radius 1 is 1.19 bits per heavy atom. The molecule has 1 saturated carbocycles. The Hall–Kier alpha value is -1.56. The molecule has 5 nitrogen and oxygen atoms in total. The van der Waals surface area contributed by atoms with Crippen LogP contribution in [0.25, 0.3) is 0 Å². The van der Waals surface area contributed by atoms with Gasteiger partial charge in [0, 0.05) is 10.2 Å². The molecule has 1 heterocycles. The van der Waals surface area contributed by atoms with Gasteiger partial charge in [0.05, 0.1) is 0 Å². The molecule has 0 unspecified atom stereocenters. The molecule has 1 aliphatic heterocycles. The van der Waals surface area contributed by atoms with E-state index in [0.29, 0.717) is 11.9 Å². The van der Waals surface area contributed by atoms with Crippen molar-refractivity contribution in [1.29, 1.82) is 0 Å². The number of hydrogen-bond acceptors (Lipinski definition) is 5. The number of anilines is 1. The summed E-state index contributed by atoms with van der Waals surface area (Å²) in [6.07, 6.45) is 5.42.